The molecule has 2 aromatic rings. The molecule has 2 N–H and O–H groups in total. The summed E-state index contributed by atoms with van der Waals surface area (Å²) < 4.78 is 28.4. The van der Waals surface area contributed by atoms with Crippen molar-refractivity contribution in [3.8, 4) is 0 Å². The quantitative estimate of drug-likeness (QED) is 0.715. The molecule has 0 aromatic heterocycles. The zero-order valence-corrected chi connectivity index (χ0v) is 18.0. The molecule has 0 bridgehead atoms. The Balaban J connectivity index is 1.70. The first-order chi connectivity index (χ1) is 13.9. The molecule has 0 saturated heterocycles. The summed E-state index contributed by atoms with van der Waals surface area (Å²) in [6.45, 7) is 4.36. The van der Waals surface area contributed by atoms with Gasteiger partial charge in [0.25, 0.3) is 5.91 Å². The molecule has 29 heavy (non-hydrogen) atoms. The number of hydrogen-bond donors (Lipinski definition) is 2. The third-order valence-corrected chi connectivity index (χ3v) is 7.15. The molecule has 0 aliphatic heterocycles. The van der Waals surface area contributed by atoms with Crippen LogP contribution >= 0.6 is 0 Å². The highest BCUT2D eigenvalue weighted by molar-refractivity contribution is 7.89. The molecule has 1 aliphatic carbocycles. The van der Waals surface area contributed by atoms with Gasteiger partial charge in [-0.05, 0) is 48.9 Å². The number of carbonyl (C=O) groups excluding carboxylic acids is 1. The third kappa shape index (κ3) is 5.67. The van der Waals surface area contributed by atoms with Crippen LogP contribution in [0.3, 0.4) is 0 Å². The van der Waals surface area contributed by atoms with Crippen LogP contribution in [-0.2, 0) is 10.0 Å². The van der Waals surface area contributed by atoms with Crippen molar-refractivity contribution in [2.24, 2.45) is 0 Å². The van der Waals surface area contributed by atoms with Gasteiger partial charge >= 0.3 is 0 Å². The van der Waals surface area contributed by atoms with E-state index in [-0.39, 0.29) is 22.8 Å². The van der Waals surface area contributed by atoms with Gasteiger partial charge < -0.3 is 5.32 Å². The van der Waals surface area contributed by atoms with E-state index in [9.17, 15) is 13.2 Å². The molecular weight excluding hydrogens is 384 g/mol. The van der Waals surface area contributed by atoms with E-state index in [0.717, 1.165) is 43.2 Å². The number of aryl methyl sites for hydroxylation is 1. The first kappa shape index (κ1) is 21.5. The normalized spacial score (nSPS) is 16.3. The summed E-state index contributed by atoms with van der Waals surface area (Å²) in [5.74, 6) is -0.0830. The highest BCUT2D eigenvalue weighted by Crippen LogP contribution is 2.21. The van der Waals surface area contributed by atoms with Crippen molar-refractivity contribution in [1.82, 2.24) is 10.0 Å². The predicted molar refractivity (Wildman–Crippen MR) is 116 cm³/mol. The standard InChI is InChI=1S/C23H30N2O3S/c1-17-13-14-21(29(27,28)25-20-11-7-4-8-12-20)15-22(17)23(26)24-16-18(2)19-9-5-3-6-10-19/h3,5-6,9-10,13-15,18,20,25H,4,7-8,11-12,16H2,1-2H3,(H,24,26)/t18-/m0/s1. The lowest BCUT2D eigenvalue weighted by Gasteiger charge is -2.22. The highest BCUT2D eigenvalue weighted by atomic mass is 32.2. The molecule has 5 nitrogen and oxygen atoms in total. The largest absolute Gasteiger partial charge is 0.351 e. The molecule has 0 heterocycles. The van der Waals surface area contributed by atoms with Crippen molar-refractivity contribution in [3.63, 3.8) is 0 Å². The number of rotatable bonds is 7. The van der Waals surface area contributed by atoms with Crippen LogP contribution in [0.25, 0.3) is 0 Å². The first-order valence-electron chi connectivity index (χ1n) is 10.3. The number of sulfonamides is 1. The van der Waals surface area contributed by atoms with Gasteiger partial charge in [-0.1, -0.05) is 62.6 Å². The molecular formula is C23H30N2O3S. The van der Waals surface area contributed by atoms with Gasteiger partial charge in [0.2, 0.25) is 10.0 Å². The topological polar surface area (TPSA) is 75.3 Å². The van der Waals surface area contributed by atoms with E-state index in [0.29, 0.717) is 12.1 Å². The lowest BCUT2D eigenvalue weighted by atomic mass is 9.96. The Labute approximate surface area is 174 Å². The number of carbonyl (C=O) groups is 1. The molecule has 3 rings (SSSR count). The number of hydrogen-bond acceptors (Lipinski definition) is 3. The summed E-state index contributed by atoms with van der Waals surface area (Å²) in [6.07, 6.45) is 5.00. The molecule has 1 fully saturated rings. The minimum Gasteiger partial charge on any atom is -0.351 e. The van der Waals surface area contributed by atoms with Crippen molar-refractivity contribution < 1.29 is 13.2 Å². The lowest BCUT2D eigenvalue weighted by Crippen LogP contribution is -2.36. The van der Waals surface area contributed by atoms with E-state index in [4.69, 9.17) is 0 Å². The van der Waals surface area contributed by atoms with Crippen LogP contribution in [0, 0.1) is 6.92 Å². The average molecular weight is 415 g/mol. The second-order valence-electron chi connectivity index (χ2n) is 7.95. The van der Waals surface area contributed by atoms with Crippen LogP contribution in [0.15, 0.2) is 53.4 Å². The Bertz CT molecular complexity index is 936. The molecule has 1 saturated carbocycles. The Kier molecular flexibility index (Phi) is 7.09. The average Bonchev–Trinajstić information content (AvgIpc) is 2.73. The van der Waals surface area contributed by atoms with Gasteiger partial charge in [-0.3, -0.25) is 4.79 Å². The lowest BCUT2D eigenvalue weighted by molar-refractivity contribution is 0.0951. The Morgan fingerprint density at radius 1 is 1.07 bits per heavy atom. The maximum atomic E-state index is 12.8. The second kappa shape index (κ2) is 9.55. The fourth-order valence-electron chi connectivity index (χ4n) is 3.76. The SMILES string of the molecule is Cc1ccc(S(=O)(=O)NC2CCCCC2)cc1C(=O)NC[C@H](C)c1ccccc1. The summed E-state index contributed by atoms with van der Waals surface area (Å²) in [5, 5.41) is 2.94. The molecule has 0 spiro atoms. The van der Waals surface area contributed by atoms with E-state index >= 15 is 0 Å². The summed E-state index contributed by atoms with van der Waals surface area (Å²) >= 11 is 0. The number of benzene rings is 2. The van der Waals surface area contributed by atoms with Gasteiger partial charge in [0.1, 0.15) is 0 Å². The minimum absolute atomic E-state index is 0.0148. The van der Waals surface area contributed by atoms with E-state index < -0.39 is 10.0 Å². The van der Waals surface area contributed by atoms with Crippen LogP contribution in [0.2, 0.25) is 0 Å². The van der Waals surface area contributed by atoms with Gasteiger partial charge in [0, 0.05) is 18.2 Å². The molecule has 2 aromatic carbocycles. The van der Waals surface area contributed by atoms with Crippen LogP contribution in [-0.4, -0.2) is 26.9 Å². The van der Waals surface area contributed by atoms with Gasteiger partial charge in [0.05, 0.1) is 4.90 Å². The maximum Gasteiger partial charge on any atom is 0.251 e. The highest BCUT2D eigenvalue weighted by Gasteiger charge is 2.23. The van der Waals surface area contributed by atoms with Crippen molar-refractivity contribution >= 4 is 15.9 Å². The van der Waals surface area contributed by atoms with Gasteiger partial charge in [-0.15, -0.1) is 0 Å². The van der Waals surface area contributed by atoms with E-state index in [2.05, 4.69) is 17.0 Å². The fraction of sp³-hybridized carbons (Fsp3) is 0.435. The summed E-state index contributed by atoms with van der Waals surface area (Å²) in [5.41, 5.74) is 2.31. The number of amides is 1. The molecule has 6 heteroatoms. The van der Waals surface area contributed by atoms with Gasteiger partial charge in [0.15, 0.2) is 0 Å². The Hall–Kier alpha value is -2.18. The van der Waals surface area contributed by atoms with Crippen LogP contribution in [0.5, 0.6) is 0 Å². The maximum absolute atomic E-state index is 12.8. The second-order valence-corrected chi connectivity index (χ2v) is 9.67. The molecule has 1 amide bonds. The van der Waals surface area contributed by atoms with E-state index in [1.165, 1.54) is 6.07 Å². The summed E-state index contributed by atoms with van der Waals surface area (Å²) in [4.78, 5) is 12.9. The smallest absolute Gasteiger partial charge is 0.251 e. The molecule has 1 atom stereocenters. The van der Waals surface area contributed by atoms with Crippen LogP contribution < -0.4 is 10.0 Å². The Morgan fingerprint density at radius 3 is 2.45 bits per heavy atom. The first-order valence-corrected chi connectivity index (χ1v) is 11.8. The fourth-order valence-corrected chi connectivity index (χ4v) is 5.09. The molecule has 156 valence electrons. The monoisotopic (exact) mass is 414 g/mol. The molecule has 1 aliphatic rings. The van der Waals surface area contributed by atoms with E-state index in [1.54, 1.807) is 12.1 Å². The Morgan fingerprint density at radius 2 is 1.76 bits per heavy atom. The van der Waals surface area contributed by atoms with Crippen LogP contribution in [0.1, 0.15) is 66.4 Å². The molecule has 0 radical (unpaired) electrons. The zero-order chi connectivity index (χ0) is 20.9. The van der Waals surface area contributed by atoms with Crippen molar-refractivity contribution in [3.05, 3.63) is 65.2 Å². The van der Waals surface area contributed by atoms with Crippen molar-refractivity contribution in [2.75, 3.05) is 6.54 Å². The minimum atomic E-state index is -3.64. The van der Waals surface area contributed by atoms with Crippen molar-refractivity contribution in [2.45, 2.75) is 62.8 Å². The van der Waals surface area contributed by atoms with E-state index in [1.807, 2.05) is 37.3 Å². The van der Waals surface area contributed by atoms with Crippen LogP contribution in [0.4, 0.5) is 0 Å². The van der Waals surface area contributed by atoms with Crippen molar-refractivity contribution in [1.29, 1.82) is 0 Å². The molecule has 0 unspecified atom stereocenters. The summed E-state index contributed by atoms with van der Waals surface area (Å²) in [6, 6.07) is 14.7. The van der Waals surface area contributed by atoms with Gasteiger partial charge in [-0.2, -0.15) is 0 Å². The third-order valence-electron chi connectivity index (χ3n) is 5.63. The number of nitrogens with one attached hydrogen (secondary N) is 2. The predicted octanol–water partition coefficient (Wildman–Crippen LogP) is 4.14. The summed E-state index contributed by atoms with van der Waals surface area (Å²) in [7, 11) is -3.64. The zero-order valence-electron chi connectivity index (χ0n) is 17.1. The van der Waals surface area contributed by atoms with Gasteiger partial charge in [-0.25, -0.2) is 13.1 Å².